The summed E-state index contributed by atoms with van der Waals surface area (Å²) in [6.45, 7) is 4.70. The van der Waals surface area contributed by atoms with Gasteiger partial charge in [-0.05, 0) is 99.4 Å². The first-order valence-corrected chi connectivity index (χ1v) is 17.7. The summed E-state index contributed by atoms with van der Waals surface area (Å²) >= 11 is 6.41. The van der Waals surface area contributed by atoms with Crippen LogP contribution in [0.5, 0.6) is 5.75 Å². The molecule has 0 aromatic heterocycles. The molecule has 46 heavy (non-hydrogen) atoms. The van der Waals surface area contributed by atoms with E-state index in [1.807, 2.05) is 18.2 Å². The number of amides is 2. The molecule has 4 aliphatic rings. The Morgan fingerprint density at radius 3 is 2.70 bits per heavy atom. The summed E-state index contributed by atoms with van der Waals surface area (Å²) in [5.74, 6) is -0.00935. The lowest BCUT2D eigenvalue weighted by molar-refractivity contribution is -0.139. The number of hydrogen-bond donors (Lipinski definition) is 1. The number of sulfonamides is 1. The smallest absolute Gasteiger partial charge is 0.409 e. The molecule has 4 atom stereocenters. The molecule has 1 spiro atoms. The van der Waals surface area contributed by atoms with Crippen molar-refractivity contribution in [2.75, 3.05) is 45.3 Å². The standard InChI is InChI=1S/C34H42ClN3O7S/c1-33(2)31(39)36-46(41,42)25-11-14-30-28(18-25)38(20-34(21-43-30)15-5-7-22-17-24(35)10-13-27(22)34)19-23-9-12-26(23)29(8-6-16-44-33)45-32(40)37(3)4/h6,8,10-11,13-14,17-18,23,26,29H,5,7,9,12,15-16,19-21H2,1-4H3,(H,36,39)/b8-6+/t23-,26+,29+,34-/m0/s1. The zero-order chi connectivity index (χ0) is 32.9. The Bertz CT molecular complexity index is 1660. The second-order valence-electron chi connectivity index (χ2n) is 13.7. The third-order valence-corrected chi connectivity index (χ3v) is 11.5. The molecule has 2 heterocycles. The van der Waals surface area contributed by atoms with Gasteiger partial charge in [-0.25, -0.2) is 17.9 Å². The summed E-state index contributed by atoms with van der Waals surface area (Å²) in [6.07, 6.45) is 7.24. The van der Waals surface area contributed by atoms with Crippen molar-refractivity contribution in [1.82, 2.24) is 9.62 Å². The Morgan fingerprint density at radius 2 is 1.96 bits per heavy atom. The molecule has 248 valence electrons. The van der Waals surface area contributed by atoms with E-state index < -0.39 is 33.7 Å². The topological polar surface area (TPSA) is 114 Å². The predicted octanol–water partition coefficient (Wildman–Crippen LogP) is 5.08. The Labute approximate surface area is 276 Å². The average molecular weight is 672 g/mol. The molecule has 0 radical (unpaired) electrons. The number of rotatable bonds is 1. The van der Waals surface area contributed by atoms with Crippen molar-refractivity contribution in [2.24, 2.45) is 11.8 Å². The normalized spacial score (nSPS) is 29.1. The number of aryl methyl sites for hydroxylation is 1. The van der Waals surface area contributed by atoms with Gasteiger partial charge in [0.1, 0.15) is 17.5 Å². The fourth-order valence-corrected chi connectivity index (χ4v) is 8.42. The second-order valence-corrected chi connectivity index (χ2v) is 15.8. The van der Waals surface area contributed by atoms with Gasteiger partial charge in [-0.3, -0.25) is 4.79 Å². The molecule has 10 nitrogen and oxygen atoms in total. The summed E-state index contributed by atoms with van der Waals surface area (Å²) in [5, 5.41) is 0.702. The minimum absolute atomic E-state index is 0.0299. The maximum Gasteiger partial charge on any atom is 0.409 e. The summed E-state index contributed by atoms with van der Waals surface area (Å²) < 4.78 is 47.6. The third kappa shape index (κ3) is 6.33. The Morgan fingerprint density at radius 1 is 1.15 bits per heavy atom. The summed E-state index contributed by atoms with van der Waals surface area (Å²) in [7, 11) is -0.925. The van der Waals surface area contributed by atoms with Crippen LogP contribution in [-0.4, -0.2) is 77.4 Å². The number of nitrogens with one attached hydrogen (secondary N) is 1. The van der Waals surface area contributed by atoms with Crippen molar-refractivity contribution in [1.29, 1.82) is 0 Å². The maximum absolute atomic E-state index is 13.6. The fraction of sp³-hybridized carbons (Fsp3) is 0.529. The minimum atomic E-state index is -4.23. The highest BCUT2D eigenvalue weighted by Gasteiger charge is 2.45. The largest absolute Gasteiger partial charge is 0.490 e. The van der Waals surface area contributed by atoms with Gasteiger partial charge in [0.05, 0.1) is 23.8 Å². The molecule has 2 bridgehead atoms. The van der Waals surface area contributed by atoms with Crippen LogP contribution in [0.4, 0.5) is 10.5 Å². The molecule has 2 aromatic rings. The number of carbonyl (C=O) groups excluding carboxylic acids is 2. The van der Waals surface area contributed by atoms with Crippen molar-refractivity contribution >= 4 is 39.3 Å². The number of ether oxygens (including phenoxy) is 3. The van der Waals surface area contributed by atoms with Crippen LogP contribution in [0.3, 0.4) is 0 Å². The molecule has 2 aliphatic carbocycles. The van der Waals surface area contributed by atoms with Gasteiger partial charge in [0.25, 0.3) is 15.9 Å². The van der Waals surface area contributed by atoms with E-state index in [-0.39, 0.29) is 28.8 Å². The van der Waals surface area contributed by atoms with Crippen LogP contribution in [0.15, 0.2) is 53.4 Å². The van der Waals surface area contributed by atoms with Crippen LogP contribution in [0.2, 0.25) is 5.02 Å². The third-order valence-electron chi connectivity index (χ3n) is 9.91. The van der Waals surface area contributed by atoms with E-state index in [9.17, 15) is 18.0 Å². The highest BCUT2D eigenvalue weighted by atomic mass is 35.5. The van der Waals surface area contributed by atoms with E-state index >= 15 is 0 Å². The lowest BCUT2D eigenvalue weighted by Gasteiger charge is -2.46. The molecule has 1 fully saturated rings. The quantitative estimate of drug-likeness (QED) is 0.418. The molecular formula is C34H42ClN3O7S. The van der Waals surface area contributed by atoms with Crippen LogP contribution in [-0.2, 0) is 36.1 Å². The van der Waals surface area contributed by atoms with Crippen molar-refractivity contribution in [3.63, 3.8) is 0 Å². The predicted molar refractivity (Wildman–Crippen MR) is 175 cm³/mol. The lowest BCUT2D eigenvalue weighted by atomic mass is 9.68. The Hall–Kier alpha value is -3.28. The van der Waals surface area contributed by atoms with Gasteiger partial charge in [-0.15, -0.1) is 0 Å². The maximum atomic E-state index is 13.6. The van der Waals surface area contributed by atoms with Crippen LogP contribution < -0.4 is 14.4 Å². The first-order chi connectivity index (χ1) is 21.8. The van der Waals surface area contributed by atoms with Gasteiger partial charge in [0.15, 0.2) is 0 Å². The van der Waals surface area contributed by atoms with Gasteiger partial charge in [-0.1, -0.05) is 23.7 Å². The van der Waals surface area contributed by atoms with E-state index in [2.05, 4.69) is 15.7 Å². The van der Waals surface area contributed by atoms with Gasteiger partial charge >= 0.3 is 6.09 Å². The molecule has 0 unspecified atom stereocenters. The molecule has 1 N–H and O–H groups in total. The molecule has 2 aromatic carbocycles. The highest BCUT2D eigenvalue weighted by molar-refractivity contribution is 7.90. The van der Waals surface area contributed by atoms with E-state index in [1.165, 1.54) is 35.9 Å². The van der Waals surface area contributed by atoms with Gasteiger partial charge < -0.3 is 24.0 Å². The molecular weight excluding hydrogens is 630 g/mol. The number of anilines is 1. The van der Waals surface area contributed by atoms with Crippen LogP contribution in [0, 0.1) is 11.8 Å². The molecule has 0 saturated heterocycles. The average Bonchev–Trinajstić information content (AvgIpc) is 3.13. The van der Waals surface area contributed by atoms with Crippen LogP contribution in [0.1, 0.15) is 50.7 Å². The Kier molecular flexibility index (Phi) is 8.80. The number of carbonyl (C=O) groups is 2. The molecule has 2 amide bonds. The van der Waals surface area contributed by atoms with Crippen molar-refractivity contribution in [3.05, 3.63) is 64.7 Å². The summed E-state index contributed by atoms with van der Waals surface area (Å²) in [5.41, 5.74) is 1.27. The van der Waals surface area contributed by atoms with Gasteiger partial charge in [0, 0.05) is 43.5 Å². The lowest BCUT2D eigenvalue weighted by Crippen LogP contribution is -2.50. The number of hydrogen-bond acceptors (Lipinski definition) is 8. The van der Waals surface area contributed by atoms with Crippen molar-refractivity contribution in [2.45, 2.75) is 68.0 Å². The summed E-state index contributed by atoms with van der Waals surface area (Å²) in [6, 6.07) is 10.8. The van der Waals surface area contributed by atoms with Gasteiger partial charge in [-0.2, -0.15) is 0 Å². The van der Waals surface area contributed by atoms with E-state index in [0.29, 0.717) is 36.2 Å². The van der Waals surface area contributed by atoms with E-state index in [0.717, 1.165) is 32.1 Å². The monoisotopic (exact) mass is 671 g/mol. The number of nitrogens with zero attached hydrogens (tertiary/aromatic N) is 2. The second kappa shape index (κ2) is 12.4. The highest BCUT2D eigenvalue weighted by Crippen LogP contribution is 2.47. The first kappa shape index (κ1) is 32.7. The SMILES string of the molecule is CN(C)C(=O)O[C@@H]1/C=C/COC(C)(C)C(=O)NS(=O)(=O)c2ccc3c(c2)N(C[C@@H]2CC[C@H]21)C[C@@]1(CCCc2cc(Cl)ccc21)CO3. The number of benzene rings is 2. The van der Waals surface area contributed by atoms with Crippen LogP contribution >= 0.6 is 11.6 Å². The first-order valence-electron chi connectivity index (χ1n) is 15.8. The van der Waals surface area contributed by atoms with Gasteiger partial charge in [0.2, 0.25) is 0 Å². The Balaban J connectivity index is 1.44. The zero-order valence-corrected chi connectivity index (χ0v) is 28.3. The van der Waals surface area contributed by atoms with E-state index in [1.54, 1.807) is 32.3 Å². The molecule has 2 aliphatic heterocycles. The van der Waals surface area contributed by atoms with Crippen LogP contribution in [0.25, 0.3) is 0 Å². The summed E-state index contributed by atoms with van der Waals surface area (Å²) in [4.78, 5) is 29.5. The molecule has 12 heteroatoms. The molecule has 1 saturated carbocycles. The van der Waals surface area contributed by atoms with Crippen molar-refractivity contribution in [3.8, 4) is 5.75 Å². The van der Waals surface area contributed by atoms with E-state index in [4.69, 9.17) is 25.8 Å². The van der Waals surface area contributed by atoms with Crippen molar-refractivity contribution < 1.29 is 32.2 Å². The minimum Gasteiger partial charge on any atom is -0.490 e. The number of halogens is 1. The zero-order valence-electron chi connectivity index (χ0n) is 26.8. The number of fused-ring (bicyclic) bond motifs is 4. The molecule has 6 rings (SSSR count). The fourth-order valence-electron chi connectivity index (χ4n) is 7.10.